The van der Waals surface area contributed by atoms with Crippen molar-refractivity contribution in [2.24, 2.45) is 5.73 Å². The third kappa shape index (κ3) is 2.96. The average molecular weight is 237 g/mol. The maximum atomic E-state index is 13.1. The first-order valence-electron chi connectivity index (χ1n) is 6.06. The van der Waals surface area contributed by atoms with Gasteiger partial charge in [0.25, 0.3) is 0 Å². The van der Waals surface area contributed by atoms with E-state index < -0.39 is 0 Å². The SMILES string of the molecule is CN1CCC(CN)(Nc2cccc(F)c2)CC1. The number of nitrogens with two attached hydrogens (primary N) is 1. The van der Waals surface area contributed by atoms with Crippen molar-refractivity contribution in [3.8, 4) is 0 Å². The molecule has 0 unspecified atom stereocenters. The van der Waals surface area contributed by atoms with Gasteiger partial charge in [-0.25, -0.2) is 4.39 Å². The highest BCUT2D eigenvalue weighted by Crippen LogP contribution is 2.25. The first-order valence-corrected chi connectivity index (χ1v) is 6.06. The third-order valence-corrected chi connectivity index (χ3v) is 3.57. The van der Waals surface area contributed by atoms with Crippen molar-refractivity contribution in [2.75, 3.05) is 32.0 Å². The van der Waals surface area contributed by atoms with E-state index in [4.69, 9.17) is 5.73 Å². The van der Waals surface area contributed by atoms with Crippen LogP contribution in [0.2, 0.25) is 0 Å². The molecule has 1 aliphatic rings. The quantitative estimate of drug-likeness (QED) is 0.840. The summed E-state index contributed by atoms with van der Waals surface area (Å²) in [6.07, 6.45) is 1.99. The minimum Gasteiger partial charge on any atom is -0.378 e. The molecule has 3 nitrogen and oxygen atoms in total. The lowest BCUT2D eigenvalue weighted by Crippen LogP contribution is -2.52. The van der Waals surface area contributed by atoms with Gasteiger partial charge in [0.05, 0.1) is 5.54 Å². The molecule has 1 aromatic carbocycles. The number of likely N-dealkylation sites (tertiary alicyclic amines) is 1. The number of nitrogens with one attached hydrogen (secondary N) is 1. The van der Waals surface area contributed by atoms with Gasteiger partial charge in [0.2, 0.25) is 0 Å². The molecular formula is C13H20FN3. The summed E-state index contributed by atoms with van der Waals surface area (Å²) in [7, 11) is 2.11. The van der Waals surface area contributed by atoms with Gasteiger partial charge in [-0.1, -0.05) is 6.07 Å². The van der Waals surface area contributed by atoms with E-state index >= 15 is 0 Å². The molecule has 1 fully saturated rings. The molecule has 0 atom stereocenters. The first-order chi connectivity index (χ1) is 8.13. The fourth-order valence-corrected chi connectivity index (χ4v) is 2.30. The molecule has 0 radical (unpaired) electrons. The first kappa shape index (κ1) is 12.3. The van der Waals surface area contributed by atoms with Crippen LogP contribution in [-0.2, 0) is 0 Å². The van der Waals surface area contributed by atoms with Gasteiger partial charge in [0.1, 0.15) is 5.82 Å². The number of anilines is 1. The van der Waals surface area contributed by atoms with Gasteiger partial charge in [0.15, 0.2) is 0 Å². The summed E-state index contributed by atoms with van der Waals surface area (Å²) in [6, 6.07) is 6.58. The maximum Gasteiger partial charge on any atom is 0.125 e. The van der Waals surface area contributed by atoms with Crippen molar-refractivity contribution in [3.05, 3.63) is 30.1 Å². The normalized spacial score (nSPS) is 20.2. The van der Waals surface area contributed by atoms with Crippen LogP contribution in [0.4, 0.5) is 10.1 Å². The average Bonchev–Trinajstić information content (AvgIpc) is 2.33. The Kier molecular flexibility index (Phi) is 3.64. The Morgan fingerprint density at radius 2 is 2.12 bits per heavy atom. The minimum absolute atomic E-state index is 0.0830. The number of benzene rings is 1. The Morgan fingerprint density at radius 3 is 2.71 bits per heavy atom. The fourth-order valence-electron chi connectivity index (χ4n) is 2.30. The summed E-state index contributed by atoms with van der Waals surface area (Å²) in [6.45, 7) is 2.64. The van der Waals surface area contributed by atoms with Gasteiger partial charge in [-0.2, -0.15) is 0 Å². The number of rotatable bonds is 3. The highest BCUT2D eigenvalue weighted by molar-refractivity contribution is 5.46. The zero-order chi connectivity index (χ0) is 12.3. The second kappa shape index (κ2) is 5.02. The van der Waals surface area contributed by atoms with Crippen LogP contribution in [-0.4, -0.2) is 37.1 Å². The van der Waals surface area contributed by atoms with Gasteiger partial charge in [-0.15, -0.1) is 0 Å². The van der Waals surface area contributed by atoms with E-state index in [2.05, 4.69) is 17.3 Å². The van der Waals surface area contributed by atoms with Crippen LogP contribution >= 0.6 is 0 Å². The molecule has 94 valence electrons. The molecule has 1 saturated heterocycles. The second-order valence-corrected chi connectivity index (χ2v) is 4.92. The van der Waals surface area contributed by atoms with E-state index in [0.717, 1.165) is 31.6 Å². The summed E-state index contributed by atoms with van der Waals surface area (Å²) in [5, 5.41) is 3.41. The molecular weight excluding hydrogens is 217 g/mol. The highest BCUT2D eigenvalue weighted by Gasteiger charge is 2.32. The third-order valence-electron chi connectivity index (χ3n) is 3.57. The summed E-state index contributed by atoms with van der Waals surface area (Å²) in [4.78, 5) is 2.29. The van der Waals surface area contributed by atoms with E-state index in [1.54, 1.807) is 6.07 Å². The minimum atomic E-state index is -0.213. The van der Waals surface area contributed by atoms with Crippen LogP contribution in [0, 0.1) is 5.82 Å². The van der Waals surface area contributed by atoms with Crippen LogP contribution in [0.5, 0.6) is 0 Å². The van der Waals surface area contributed by atoms with E-state index in [0.29, 0.717) is 6.54 Å². The monoisotopic (exact) mass is 237 g/mol. The topological polar surface area (TPSA) is 41.3 Å². The number of halogens is 1. The van der Waals surface area contributed by atoms with Crippen molar-refractivity contribution in [2.45, 2.75) is 18.4 Å². The maximum absolute atomic E-state index is 13.1. The van der Waals surface area contributed by atoms with Gasteiger partial charge < -0.3 is 16.0 Å². The second-order valence-electron chi connectivity index (χ2n) is 4.92. The van der Waals surface area contributed by atoms with E-state index in [1.807, 2.05) is 6.07 Å². The molecule has 0 bridgehead atoms. The number of nitrogens with zero attached hydrogens (tertiary/aromatic N) is 1. The van der Waals surface area contributed by atoms with Crippen molar-refractivity contribution < 1.29 is 4.39 Å². The molecule has 1 aromatic rings. The van der Waals surface area contributed by atoms with Crippen molar-refractivity contribution >= 4 is 5.69 Å². The Balaban J connectivity index is 2.09. The summed E-state index contributed by atoms with van der Waals surface area (Å²) in [5.74, 6) is -0.213. The van der Waals surface area contributed by atoms with Gasteiger partial charge >= 0.3 is 0 Å². The Morgan fingerprint density at radius 1 is 1.41 bits per heavy atom. The summed E-state index contributed by atoms with van der Waals surface area (Å²) < 4.78 is 13.1. The van der Waals surface area contributed by atoms with Gasteiger partial charge in [-0.3, -0.25) is 0 Å². The lowest BCUT2D eigenvalue weighted by molar-refractivity contribution is 0.209. The van der Waals surface area contributed by atoms with Crippen molar-refractivity contribution in [1.82, 2.24) is 4.90 Å². The van der Waals surface area contributed by atoms with Crippen LogP contribution in [0.3, 0.4) is 0 Å². The van der Waals surface area contributed by atoms with Crippen LogP contribution in [0.25, 0.3) is 0 Å². The molecule has 17 heavy (non-hydrogen) atoms. The van der Waals surface area contributed by atoms with Gasteiger partial charge in [0, 0.05) is 25.3 Å². The molecule has 2 rings (SSSR count). The Labute approximate surface area is 102 Å². The standard InChI is InChI=1S/C13H20FN3/c1-17-7-5-13(10-15,6-8-17)16-12-4-2-3-11(14)9-12/h2-4,9,16H,5-8,10,15H2,1H3. The number of hydrogen-bond acceptors (Lipinski definition) is 3. The van der Waals surface area contributed by atoms with Crippen LogP contribution < -0.4 is 11.1 Å². The summed E-state index contributed by atoms with van der Waals surface area (Å²) >= 11 is 0. The molecule has 0 saturated carbocycles. The predicted molar refractivity (Wildman–Crippen MR) is 68.5 cm³/mol. The van der Waals surface area contributed by atoms with Crippen LogP contribution in [0.15, 0.2) is 24.3 Å². The van der Waals surface area contributed by atoms with E-state index in [-0.39, 0.29) is 11.4 Å². The largest absolute Gasteiger partial charge is 0.378 e. The Hall–Kier alpha value is -1.13. The zero-order valence-electron chi connectivity index (χ0n) is 10.2. The van der Waals surface area contributed by atoms with Crippen LogP contribution in [0.1, 0.15) is 12.8 Å². The van der Waals surface area contributed by atoms with E-state index in [1.165, 1.54) is 12.1 Å². The molecule has 4 heteroatoms. The van der Waals surface area contributed by atoms with Gasteiger partial charge in [-0.05, 0) is 38.1 Å². The molecule has 1 heterocycles. The Bertz CT molecular complexity index is 373. The van der Waals surface area contributed by atoms with E-state index in [9.17, 15) is 4.39 Å². The molecule has 0 amide bonds. The lowest BCUT2D eigenvalue weighted by Gasteiger charge is -2.41. The fraction of sp³-hybridized carbons (Fsp3) is 0.538. The van der Waals surface area contributed by atoms with Crippen molar-refractivity contribution in [3.63, 3.8) is 0 Å². The molecule has 3 N–H and O–H groups in total. The number of hydrogen-bond donors (Lipinski definition) is 2. The molecule has 0 aromatic heterocycles. The highest BCUT2D eigenvalue weighted by atomic mass is 19.1. The molecule has 1 aliphatic heterocycles. The number of piperidine rings is 1. The lowest BCUT2D eigenvalue weighted by atomic mass is 9.87. The molecule has 0 spiro atoms. The summed E-state index contributed by atoms with van der Waals surface area (Å²) in [5.41, 5.74) is 6.63. The van der Waals surface area contributed by atoms with Crippen molar-refractivity contribution in [1.29, 1.82) is 0 Å². The smallest absolute Gasteiger partial charge is 0.125 e. The zero-order valence-corrected chi connectivity index (χ0v) is 10.2. The molecule has 0 aliphatic carbocycles. The predicted octanol–water partition coefficient (Wildman–Crippen LogP) is 1.66.